The lowest BCUT2D eigenvalue weighted by atomic mass is 10.1. The van der Waals surface area contributed by atoms with E-state index in [1.807, 2.05) is 38.1 Å². The van der Waals surface area contributed by atoms with Gasteiger partial charge in [-0.25, -0.2) is 0 Å². The van der Waals surface area contributed by atoms with Gasteiger partial charge in [0.2, 0.25) is 0 Å². The molecule has 18 heavy (non-hydrogen) atoms. The Labute approximate surface area is 106 Å². The highest BCUT2D eigenvalue weighted by atomic mass is 16.5. The lowest BCUT2D eigenvalue weighted by Gasteiger charge is -2.13. The highest BCUT2D eigenvalue weighted by molar-refractivity contribution is 5.77. The van der Waals surface area contributed by atoms with Crippen LogP contribution in [0.4, 0.5) is 0 Å². The van der Waals surface area contributed by atoms with Gasteiger partial charge in [0, 0.05) is 17.3 Å². The molecule has 0 atom stereocenters. The van der Waals surface area contributed by atoms with E-state index in [1.165, 1.54) is 0 Å². The molecule has 3 nitrogen and oxygen atoms in total. The summed E-state index contributed by atoms with van der Waals surface area (Å²) in [4.78, 5) is 15.0. The number of aldehydes is 1. The molecule has 0 amide bonds. The Morgan fingerprint density at radius 3 is 2.50 bits per heavy atom. The minimum absolute atomic E-state index is 0.0993. The van der Waals surface area contributed by atoms with Crippen molar-refractivity contribution in [3.8, 4) is 17.0 Å². The number of nitrogens with zero attached hydrogens (tertiary/aromatic N) is 1. The van der Waals surface area contributed by atoms with E-state index < -0.39 is 0 Å². The summed E-state index contributed by atoms with van der Waals surface area (Å²) < 4.78 is 5.72. The van der Waals surface area contributed by atoms with Gasteiger partial charge in [-0.2, -0.15) is 0 Å². The van der Waals surface area contributed by atoms with E-state index in [0.717, 1.165) is 23.3 Å². The van der Waals surface area contributed by atoms with Crippen molar-refractivity contribution in [3.05, 3.63) is 48.2 Å². The summed E-state index contributed by atoms with van der Waals surface area (Å²) in [6.07, 6.45) is 2.66. The van der Waals surface area contributed by atoms with Gasteiger partial charge in [0.15, 0.2) is 0 Å². The summed E-state index contributed by atoms with van der Waals surface area (Å²) >= 11 is 0. The number of aromatic nitrogens is 1. The van der Waals surface area contributed by atoms with Crippen LogP contribution in [-0.2, 0) is 0 Å². The second-order valence-electron chi connectivity index (χ2n) is 4.26. The first-order valence-corrected chi connectivity index (χ1v) is 5.88. The molecule has 1 aromatic carbocycles. The Morgan fingerprint density at radius 1 is 1.17 bits per heavy atom. The van der Waals surface area contributed by atoms with Gasteiger partial charge in [0.25, 0.3) is 0 Å². The van der Waals surface area contributed by atoms with E-state index in [4.69, 9.17) is 4.74 Å². The van der Waals surface area contributed by atoms with Gasteiger partial charge in [-0.15, -0.1) is 0 Å². The number of rotatable bonds is 4. The molecule has 0 aliphatic carbocycles. The number of hydrogen-bond acceptors (Lipinski definition) is 3. The molecule has 0 fully saturated rings. The maximum atomic E-state index is 10.6. The number of carbonyl (C=O) groups excluding carboxylic acids is 1. The van der Waals surface area contributed by atoms with Crippen molar-refractivity contribution >= 4 is 6.29 Å². The predicted octanol–water partition coefficient (Wildman–Crippen LogP) is 3.35. The van der Waals surface area contributed by atoms with Gasteiger partial charge in [-0.3, -0.25) is 9.78 Å². The highest BCUT2D eigenvalue weighted by Gasteiger charge is 2.08. The second-order valence-corrected chi connectivity index (χ2v) is 4.26. The zero-order valence-corrected chi connectivity index (χ0v) is 10.5. The van der Waals surface area contributed by atoms with Gasteiger partial charge in [-0.05, 0) is 26.0 Å². The third kappa shape index (κ3) is 2.74. The van der Waals surface area contributed by atoms with E-state index in [0.29, 0.717) is 5.56 Å². The molecule has 0 N–H and O–H groups in total. The van der Waals surface area contributed by atoms with E-state index in [1.54, 1.807) is 18.3 Å². The van der Waals surface area contributed by atoms with Gasteiger partial charge >= 0.3 is 0 Å². The minimum Gasteiger partial charge on any atom is -0.489 e. The standard InChI is InChI=1S/C15H15NO2/c1-11(2)18-14-4-3-9-16-15(14)13-7-5-12(10-17)6-8-13/h3-11H,1-2H3. The Bertz CT molecular complexity index is 532. The van der Waals surface area contributed by atoms with Crippen LogP contribution < -0.4 is 4.74 Å². The SMILES string of the molecule is CC(C)Oc1cccnc1-c1ccc(C=O)cc1. The molecule has 0 aliphatic rings. The molecule has 0 saturated carbocycles. The Balaban J connectivity index is 2.39. The third-order valence-corrected chi connectivity index (χ3v) is 2.45. The summed E-state index contributed by atoms with van der Waals surface area (Å²) in [5.41, 5.74) is 2.39. The number of ether oxygens (including phenoxy) is 1. The van der Waals surface area contributed by atoms with Crippen LogP contribution in [0.2, 0.25) is 0 Å². The summed E-state index contributed by atoms with van der Waals surface area (Å²) in [7, 11) is 0. The topological polar surface area (TPSA) is 39.2 Å². The van der Waals surface area contributed by atoms with Crippen molar-refractivity contribution in [2.75, 3.05) is 0 Å². The molecule has 0 aliphatic heterocycles. The second kappa shape index (κ2) is 5.45. The first-order valence-electron chi connectivity index (χ1n) is 5.88. The van der Waals surface area contributed by atoms with Crippen LogP contribution in [0.1, 0.15) is 24.2 Å². The molecule has 0 saturated heterocycles. The van der Waals surface area contributed by atoms with Crippen molar-refractivity contribution in [3.63, 3.8) is 0 Å². The largest absolute Gasteiger partial charge is 0.489 e. The van der Waals surface area contributed by atoms with Gasteiger partial charge < -0.3 is 4.74 Å². The molecular formula is C15H15NO2. The number of pyridine rings is 1. The number of benzene rings is 1. The molecule has 2 aromatic rings. The molecule has 3 heteroatoms. The van der Waals surface area contributed by atoms with Crippen molar-refractivity contribution in [2.24, 2.45) is 0 Å². The van der Waals surface area contributed by atoms with Gasteiger partial charge in [-0.1, -0.05) is 24.3 Å². The van der Waals surface area contributed by atoms with E-state index in [2.05, 4.69) is 4.98 Å². The van der Waals surface area contributed by atoms with Crippen LogP contribution >= 0.6 is 0 Å². The fraction of sp³-hybridized carbons (Fsp3) is 0.200. The van der Waals surface area contributed by atoms with Crippen LogP contribution in [0.5, 0.6) is 5.75 Å². The Morgan fingerprint density at radius 2 is 1.89 bits per heavy atom. The van der Waals surface area contributed by atoms with Crippen molar-refractivity contribution in [2.45, 2.75) is 20.0 Å². The molecule has 1 heterocycles. The monoisotopic (exact) mass is 241 g/mol. The lowest BCUT2D eigenvalue weighted by Crippen LogP contribution is -2.07. The minimum atomic E-state index is 0.0993. The molecule has 0 bridgehead atoms. The fourth-order valence-corrected chi connectivity index (χ4v) is 1.68. The van der Waals surface area contributed by atoms with Crippen LogP contribution in [0.25, 0.3) is 11.3 Å². The zero-order chi connectivity index (χ0) is 13.0. The maximum Gasteiger partial charge on any atom is 0.150 e. The summed E-state index contributed by atoms with van der Waals surface area (Å²) in [6, 6.07) is 11.0. The van der Waals surface area contributed by atoms with E-state index in [-0.39, 0.29) is 6.10 Å². The quantitative estimate of drug-likeness (QED) is 0.770. The highest BCUT2D eigenvalue weighted by Crippen LogP contribution is 2.28. The molecule has 0 unspecified atom stereocenters. The molecule has 1 aromatic heterocycles. The third-order valence-electron chi connectivity index (χ3n) is 2.45. The lowest BCUT2D eigenvalue weighted by molar-refractivity contribution is 0.112. The molecule has 0 spiro atoms. The summed E-state index contributed by atoms with van der Waals surface area (Å²) in [5, 5.41) is 0. The van der Waals surface area contributed by atoms with Gasteiger partial charge in [0.05, 0.1) is 6.10 Å². The zero-order valence-electron chi connectivity index (χ0n) is 10.5. The molecule has 2 rings (SSSR count). The van der Waals surface area contributed by atoms with Crippen LogP contribution in [0, 0.1) is 0 Å². The van der Waals surface area contributed by atoms with Crippen molar-refractivity contribution in [1.29, 1.82) is 0 Å². The Kier molecular flexibility index (Phi) is 3.72. The fourth-order valence-electron chi connectivity index (χ4n) is 1.68. The average Bonchev–Trinajstić information content (AvgIpc) is 2.39. The summed E-state index contributed by atoms with van der Waals surface area (Å²) in [6.45, 7) is 3.96. The van der Waals surface area contributed by atoms with Crippen LogP contribution in [0.3, 0.4) is 0 Å². The maximum absolute atomic E-state index is 10.6. The number of carbonyl (C=O) groups is 1. The van der Waals surface area contributed by atoms with Crippen LogP contribution in [-0.4, -0.2) is 17.4 Å². The van der Waals surface area contributed by atoms with Crippen LogP contribution in [0.15, 0.2) is 42.6 Å². The first-order chi connectivity index (χ1) is 8.70. The first kappa shape index (κ1) is 12.3. The normalized spacial score (nSPS) is 10.4. The Hall–Kier alpha value is -2.16. The predicted molar refractivity (Wildman–Crippen MR) is 70.8 cm³/mol. The smallest absolute Gasteiger partial charge is 0.150 e. The summed E-state index contributed by atoms with van der Waals surface area (Å²) in [5.74, 6) is 0.756. The van der Waals surface area contributed by atoms with Gasteiger partial charge in [0.1, 0.15) is 17.7 Å². The molecule has 92 valence electrons. The van der Waals surface area contributed by atoms with Crippen molar-refractivity contribution in [1.82, 2.24) is 4.98 Å². The molecule has 0 radical (unpaired) electrons. The van der Waals surface area contributed by atoms with E-state index in [9.17, 15) is 4.79 Å². The van der Waals surface area contributed by atoms with E-state index >= 15 is 0 Å². The average molecular weight is 241 g/mol. The van der Waals surface area contributed by atoms with Crippen molar-refractivity contribution < 1.29 is 9.53 Å². The number of hydrogen-bond donors (Lipinski definition) is 0. The molecular weight excluding hydrogens is 226 g/mol.